The van der Waals surface area contributed by atoms with Gasteiger partial charge in [0.25, 0.3) is 5.91 Å². The highest BCUT2D eigenvalue weighted by Crippen LogP contribution is 2.36. The van der Waals surface area contributed by atoms with Crippen molar-refractivity contribution in [2.24, 2.45) is 0 Å². The molecule has 2 aromatic rings. The molecule has 0 bridgehead atoms. The zero-order valence-electron chi connectivity index (χ0n) is 15.1. The van der Waals surface area contributed by atoms with Gasteiger partial charge in [-0.2, -0.15) is 0 Å². The molecule has 6 heteroatoms. The molecule has 3 rings (SSSR count). The number of hydrogen-bond acceptors (Lipinski definition) is 4. The Hall–Kier alpha value is -2.47. The maximum atomic E-state index is 12.7. The number of benzene rings is 2. The number of carbonyl (C=O) groups excluding carboxylic acids is 2. The molecule has 26 heavy (non-hydrogen) atoms. The fourth-order valence-corrected chi connectivity index (χ4v) is 3.70. The third-order valence-corrected chi connectivity index (χ3v) is 5.34. The van der Waals surface area contributed by atoms with E-state index in [1.165, 1.54) is 11.8 Å². The quantitative estimate of drug-likeness (QED) is 0.870. The van der Waals surface area contributed by atoms with Crippen LogP contribution in [0.1, 0.15) is 29.8 Å². The van der Waals surface area contributed by atoms with Crippen LogP contribution in [0.15, 0.2) is 47.4 Å². The summed E-state index contributed by atoms with van der Waals surface area (Å²) >= 11 is 1.51. The number of nitrogens with zero attached hydrogens (tertiary/aromatic N) is 1. The van der Waals surface area contributed by atoms with Gasteiger partial charge in [-0.3, -0.25) is 9.59 Å². The molecule has 2 aromatic carbocycles. The lowest BCUT2D eigenvalue weighted by molar-refractivity contribution is -0.115. The molecule has 0 radical (unpaired) electrons. The average Bonchev–Trinajstić information content (AvgIpc) is 2.63. The fourth-order valence-electron chi connectivity index (χ4n) is 2.77. The number of rotatable bonds is 5. The number of ether oxygens (including phenoxy) is 1. The molecule has 0 saturated carbocycles. The maximum absolute atomic E-state index is 12.7. The molecule has 0 aromatic heterocycles. The lowest BCUT2D eigenvalue weighted by Gasteiger charge is -2.23. The van der Waals surface area contributed by atoms with Crippen LogP contribution in [0.25, 0.3) is 0 Å². The highest BCUT2D eigenvalue weighted by Gasteiger charge is 2.24. The molecule has 1 aliphatic rings. The first-order valence-corrected chi connectivity index (χ1v) is 9.44. The molecule has 2 amide bonds. The second kappa shape index (κ2) is 7.83. The van der Waals surface area contributed by atoms with Crippen LogP contribution in [0.5, 0.6) is 5.75 Å². The van der Waals surface area contributed by atoms with Crippen molar-refractivity contribution in [1.82, 2.24) is 4.90 Å². The summed E-state index contributed by atoms with van der Waals surface area (Å²) in [5.41, 5.74) is 2.30. The van der Waals surface area contributed by atoms with E-state index < -0.39 is 0 Å². The van der Waals surface area contributed by atoms with Crippen LogP contribution in [-0.2, 0) is 11.3 Å². The smallest absolute Gasteiger partial charge is 0.253 e. The largest absolute Gasteiger partial charge is 0.494 e. The first kappa shape index (κ1) is 18.3. The minimum absolute atomic E-state index is 0.0326. The van der Waals surface area contributed by atoms with Crippen molar-refractivity contribution in [3.8, 4) is 5.75 Å². The Morgan fingerprint density at radius 1 is 1.23 bits per heavy atom. The number of thioether (sulfide) groups is 1. The van der Waals surface area contributed by atoms with Crippen LogP contribution in [-0.4, -0.2) is 35.6 Å². The lowest BCUT2D eigenvalue weighted by atomic mass is 10.1. The third kappa shape index (κ3) is 4.02. The highest BCUT2D eigenvalue weighted by molar-refractivity contribution is 8.00. The molecule has 1 atom stereocenters. The Morgan fingerprint density at radius 3 is 2.65 bits per heavy atom. The fraction of sp³-hybridized carbons (Fsp3) is 0.300. The molecule has 1 heterocycles. The van der Waals surface area contributed by atoms with E-state index in [0.29, 0.717) is 24.4 Å². The van der Waals surface area contributed by atoms with Gasteiger partial charge >= 0.3 is 0 Å². The van der Waals surface area contributed by atoms with Crippen molar-refractivity contribution >= 4 is 29.3 Å². The summed E-state index contributed by atoms with van der Waals surface area (Å²) in [4.78, 5) is 27.2. The van der Waals surface area contributed by atoms with E-state index in [4.69, 9.17) is 4.74 Å². The molecule has 1 unspecified atom stereocenters. The molecular weight excluding hydrogens is 348 g/mol. The summed E-state index contributed by atoms with van der Waals surface area (Å²) < 4.78 is 5.43. The molecule has 0 saturated heterocycles. The van der Waals surface area contributed by atoms with Crippen LogP contribution in [0, 0.1) is 0 Å². The van der Waals surface area contributed by atoms with Crippen molar-refractivity contribution in [2.75, 3.05) is 19.0 Å². The van der Waals surface area contributed by atoms with Gasteiger partial charge in [-0.15, -0.1) is 11.8 Å². The zero-order valence-corrected chi connectivity index (χ0v) is 15.9. The molecule has 0 fully saturated rings. The summed E-state index contributed by atoms with van der Waals surface area (Å²) in [7, 11) is 1.77. The molecule has 0 spiro atoms. The number of anilines is 1. The molecule has 1 N–H and O–H groups in total. The van der Waals surface area contributed by atoms with Gasteiger partial charge in [0.05, 0.1) is 17.5 Å². The first-order chi connectivity index (χ1) is 12.5. The van der Waals surface area contributed by atoms with E-state index in [-0.39, 0.29) is 17.1 Å². The van der Waals surface area contributed by atoms with Crippen molar-refractivity contribution < 1.29 is 14.3 Å². The minimum atomic E-state index is -0.119. The summed E-state index contributed by atoms with van der Waals surface area (Å²) in [5, 5.41) is 2.75. The third-order valence-electron chi connectivity index (χ3n) is 4.16. The SMILES string of the molecule is CCOc1ccc(CN(C)C(=O)c2ccc3c(c2)NC(=O)C(C)S3)cc1. The van der Waals surface area contributed by atoms with E-state index in [1.54, 1.807) is 18.0 Å². The van der Waals surface area contributed by atoms with Gasteiger partial charge in [0.1, 0.15) is 5.75 Å². The Balaban J connectivity index is 1.70. The summed E-state index contributed by atoms with van der Waals surface area (Å²) in [6.45, 7) is 4.94. The van der Waals surface area contributed by atoms with Gasteiger partial charge in [0, 0.05) is 24.1 Å². The van der Waals surface area contributed by atoms with Crippen molar-refractivity contribution in [1.29, 1.82) is 0 Å². The van der Waals surface area contributed by atoms with E-state index in [1.807, 2.05) is 50.2 Å². The number of carbonyl (C=O) groups is 2. The highest BCUT2D eigenvalue weighted by atomic mass is 32.2. The molecule has 136 valence electrons. The van der Waals surface area contributed by atoms with E-state index >= 15 is 0 Å². The molecule has 1 aliphatic heterocycles. The summed E-state index contributed by atoms with van der Waals surface area (Å²) in [6, 6.07) is 13.2. The van der Waals surface area contributed by atoms with E-state index in [2.05, 4.69) is 5.32 Å². The molecule has 0 aliphatic carbocycles. The Labute approximate surface area is 157 Å². The topological polar surface area (TPSA) is 58.6 Å². The number of hydrogen-bond donors (Lipinski definition) is 1. The summed E-state index contributed by atoms with van der Waals surface area (Å²) in [5.74, 6) is 0.705. The maximum Gasteiger partial charge on any atom is 0.253 e. The van der Waals surface area contributed by atoms with Crippen molar-refractivity contribution in [3.63, 3.8) is 0 Å². The second-order valence-electron chi connectivity index (χ2n) is 6.20. The second-order valence-corrected chi connectivity index (χ2v) is 7.58. The normalized spacial score (nSPS) is 15.8. The van der Waals surface area contributed by atoms with Crippen molar-refractivity contribution in [2.45, 2.75) is 30.5 Å². The van der Waals surface area contributed by atoms with E-state index in [0.717, 1.165) is 16.2 Å². The average molecular weight is 370 g/mol. The predicted molar refractivity (Wildman–Crippen MR) is 104 cm³/mol. The number of nitrogens with one attached hydrogen (secondary N) is 1. The van der Waals surface area contributed by atoms with Gasteiger partial charge in [0.2, 0.25) is 5.91 Å². The minimum Gasteiger partial charge on any atom is -0.494 e. The molecular formula is C20H22N2O3S. The van der Waals surface area contributed by atoms with Gasteiger partial charge < -0.3 is 15.0 Å². The van der Waals surface area contributed by atoms with Gasteiger partial charge in [0.15, 0.2) is 0 Å². The molecule has 5 nitrogen and oxygen atoms in total. The standard InChI is InChI=1S/C20H22N2O3S/c1-4-25-16-8-5-14(6-9-16)12-22(3)20(24)15-7-10-18-17(11-15)21-19(23)13(2)26-18/h5-11,13H,4,12H2,1-3H3,(H,21,23). The lowest BCUT2D eigenvalue weighted by Crippen LogP contribution is -2.28. The van der Waals surface area contributed by atoms with Gasteiger partial charge in [-0.25, -0.2) is 0 Å². The van der Waals surface area contributed by atoms with Crippen LogP contribution < -0.4 is 10.1 Å². The first-order valence-electron chi connectivity index (χ1n) is 8.56. The Bertz CT molecular complexity index is 820. The van der Waals surface area contributed by atoms with Crippen LogP contribution in [0.3, 0.4) is 0 Å². The monoisotopic (exact) mass is 370 g/mol. The van der Waals surface area contributed by atoms with Crippen LogP contribution >= 0.6 is 11.8 Å². The Morgan fingerprint density at radius 2 is 1.96 bits per heavy atom. The van der Waals surface area contributed by atoms with Gasteiger partial charge in [-0.1, -0.05) is 12.1 Å². The van der Waals surface area contributed by atoms with Crippen LogP contribution in [0.2, 0.25) is 0 Å². The predicted octanol–water partition coefficient (Wildman–Crippen LogP) is 3.79. The van der Waals surface area contributed by atoms with E-state index in [9.17, 15) is 9.59 Å². The number of amides is 2. The Kier molecular flexibility index (Phi) is 5.52. The van der Waals surface area contributed by atoms with Crippen molar-refractivity contribution in [3.05, 3.63) is 53.6 Å². The van der Waals surface area contributed by atoms with Gasteiger partial charge in [-0.05, 0) is 49.7 Å². The zero-order chi connectivity index (χ0) is 18.7. The van der Waals surface area contributed by atoms with Crippen LogP contribution in [0.4, 0.5) is 5.69 Å². The number of fused-ring (bicyclic) bond motifs is 1. The summed E-state index contributed by atoms with van der Waals surface area (Å²) in [6.07, 6.45) is 0.